The Hall–Kier alpha value is -1.66. The van der Waals surface area contributed by atoms with Gasteiger partial charge < -0.3 is 0 Å². The second-order valence-electron chi connectivity index (χ2n) is 7.80. The third-order valence-corrected chi connectivity index (χ3v) is 6.74. The maximum atomic E-state index is 13.3. The number of likely N-dealkylation sites (tertiary alicyclic amines) is 1. The molecule has 0 unspecified atom stereocenters. The number of hydrogen-bond acceptors (Lipinski definition) is 3. The van der Waals surface area contributed by atoms with E-state index in [4.69, 9.17) is 28.3 Å². The molecular weight excluding hydrogens is 497 g/mol. The molecule has 0 saturated carbocycles. The minimum atomic E-state index is 0.0564. The number of Topliss-reactive ketones (excluding diaryl/α,β-unsaturated/α-hetero) is 1. The summed E-state index contributed by atoms with van der Waals surface area (Å²) in [5.41, 5.74) is 4.04. The molecule has 2 aromatic carbocycles. The van der Waals surface area contributed by atoms with E-state index >= 15 is 0 Å². The molecule has 0 aliphatic carbocycles. The van der Waals surface area contributed by atoms with E-state index in [-0.39, 0.29) is 5.78 Å². The zero-order valence-electron chi connectivity index (χ0n) is 17.4. The van der Waals surface area contributed by atoms with Crippen molar-refractivity contribution in [1.29, 1.82) is 0 Å². The van der Waals surface area contributed by atoms with Crippen molar-refractivity contribution in [3.05, 3.63) is 68.2 Å². The van der Waals surface area contributed by atoms with Crippen molar-refractivity contribution in [3.8, 4) is 16.9 Å². The average Bonchev–Trinajstić information content (AvgIpc) is 3.14. The fourth-order valence-electron chi connectivity index (χ4n) is 4.14. The van der Waals surface area contributed by atoms with E-state index < -0.39 is 0 Å². The third kappa shape index (κ3) is 4.90. The molecule has 0 N–H and O–H groups in total. The standard InChI is InChI=1S/C24H24BrCl2N3O/c1-2-19-23(22(31)15-29-12-4-3-5-13-29)28-30(21-11-10-18(26)14-20(21)27)24(19)16-6-8-17(25)9-7-16/h6-11,14H,2-5,12-13,15H2,1H3. The van der Waals surface area contributed by atoms with Crippen LogP contribution in [0.4, 0.5) is 0 Å². The van der Waals surface area contributed by atoms with Crippen LogP contribution in [0.5, 0.6) is 0 Å². The lowest BCUT2D eigenvalue weighted by Crippen LogP contribution is -2.34. The molecule has 162 valence electrons. The highest BCUT2D eigenvalue weighted by Crippen LogP contribution is 2.34. The highest BCUT2D eigenvalue weighted by atomic mass is 79.9. The van der Waals surface area contributed by atoms with Crippen LogP contribution in [0.25, 0.3) is 16.9 Å². The van der Waals surface area contributed by atoms with Gasteiger partial charge in [-0.3, -0.25) is 9.69 Å². The van der Waals surface area contributed by atoms with E-state index in [1.165, 1.54) is 6.42 Å². The van der Waals surface area contributed by atoms with Crippen molar-refractivity contribution in [2.45, 2.75) is 32.6 Å². The molecule has 1 aromatic heterocycles. The fraction of sp³-hybridized carbons (Fsp3) is 0.333. The van der Waals surface area contributed by atoms with Gasteiger partial charge >= 0.3 is 0 Å². The van der Waals surface area contributed by atoms with E-state index in [1.54, 1.807) is 16.8 Å². The minimum Gasteiger partial charge on any atom is -0.296 e. The first kappa shape index (κ1) is 22.5. The van der Waals surface area contributed by atoms with Crippen molar-refractivity contribution in [1.82, 2.24) is 14.7 Å². The van der Waals surface area contributed by atoms with E-state index in [0.717, 1.165) is 47.2 Å². The fourth-order valence-corrected chi connectivity index (χ4v) is 4.89. The molecule has 4 nitrogen and oxygen atoms in total. The molecule has 0 amide bonds. The van der Waals surface area contributed by atoms with Gasteiger partial charge in [-0.2, -0.15) is 5.10 Å². The topological polar surface area (TPSA) is 38.1 Å². The van der Waals surface area contributed by atoms with Gasteiger partial charge in [0.1, 0.15) is 5.69 Å². The molecule has 0 bridgehead atoms. The molecule has 4 rings (SSSR count). The summed E-state index contributed by atoms with van der Waals surface area (Å²) in [5, 5.41) is 5.86. The molecule has 31 heavy (non-hydrogen) atoms. The Morgan fingerprint density at radius 3 is 2.42 bits per heavy atom. The molecule has 1 saturated heterocycles. The highest BCUT2D eigenvalue weighted by molar-refractivity contribution is 9.10. The first-order chi connectivity index (χ1) is 15.0. The van der Waals surface area contributed by atoms with Gasteiger partial charge in [0, 0.05) is 20.6 Å². The van der Waals surface area contributed by atoms with Gasteiger partial charge in [0.25, 0.3) is 0 Å². The summed E-state index contributed by atoms with van der Waals surface area (Å²) < 4.78 is 2.79. The predicted octanol–water partition coefficient (Wildman–Crippen LogP) is 6.84. The lowest BCUT2D eigenvalue weighted by atomic mass is 10.0. The third-order valence-electron chi connectivity index (χ3n) is 5.67. The summed E-state index contributed by atoms with van der Waals surface area (Å²) >= 11 is 16.2. The summed E-state index contributed by atoms with van der Waals surface area (Å²) in [4.78, 5) is 15.6. The second-order valence-corrected chi connectivity index (χ2v) is 9.56. The Morgan fingerprint density at radius 2 is 1.77 bits per heavy atom. The Bertz CT molecular complexity index is 1090. The van der Waals surface area contributed by atoms with Crippen molar-refractivity contribution in [2.75, 3.05) is 19.6 Å². The van der Waals surface area contributed by atoms with Gasteiger partial charge in [0.05, 0.1) is 22.9 Å². The summed E-state index contributed by atoms with van der Waals surface area (Å²) in [6.07, 6.45) is 4.22. The molecule has 2 heterocycles. The maximum Gasteiger partial charge on any atom is 0.197 e. The highest BCUT2D eigenvalue weighted by Gasteiger charge is 2.26. The van der Waals surface area contributed by atoms with Gasteiger partial charge in [-0.1, -0.05) is 64.6 Å². The molecule has 3 aromatic rings. The van der Waals surface area contributed by atoms with Gasteiger partial charge in [0.15, 0.2) is 5.78 Å². The largest absolute Gasteiger partial charge is 0.296 e. The van der Waals surface area contributed by atoms with Crippen LogP contribution in [-0.2, 0) is 6.42 Å². The zero-order chi connectivity index (χ0) is 22.0. The molecule has 1 aliphatic rings. The first-order valence-corrected chi connectivity index (χ1v) is 12.1. The lowest BCUT2D eigenvalue weighted by molar-refractivity contribution is 0.0909. The predicted molar refractivity (Wildman–Crippen MR) is 131 cm³/mol. The Kier molecular flexibility index (Phi) is 7.17. The van der Waals surface area contributed by atoms with Gasteiger partial charge in [0.2, 0.25) is 0 Å². The molecule has 7 heteroatoms. The van der Waals surface area contributed by atoms with Crippen LogP contribution < -0.4 is 0 Å². The number of nitrogens with zero attached hydrogens (tertiary/aromatic N) is 3. The van der Waals surface area contributed by atoms with E-state index in [1.807, 2.05) is 30.3 Å². The summed E-state index contributed by atoms with van der Waals surface area (Å²) in [5.74, 6) is 0.0564. The second kappa shape index (κ2) is 9.86. The minimum absolute atomic E-state index is 0.0564. The number of carbonyl (C=O) groups excluding carboxylic acids is 1. The number of piperidine rings is 1. The van der Waals surface area contributed by atoms with E-state index in [0.29, 0.717) is 34.4 Å². The van der Waals surface area contributed by atoms with Crippen LogP contribution in [-0.4, -0.2) is 40.1 Å². The molecule has 0 spiro atoms. The van der Waals surface area contributed by atoms with Gasteiger partial charge in [-0.25, -0.2) is 4.68 Å². The molecule has 1 aliphatic heterocycles. The lowest BCUT2D eigenvalue weighted by Gasteiger charge is -2.25. The summed E-state index contributed by atoms with van der Waals surface area (Å²) in [7, 11) is 0. The van der Waals surface area contributed by atoms with Crippen LogP contribution in [0.2, 0.25) is 10.0 Å². The van der Waals surface area contributed by atoms with Crippen molar-refractivity contribution in [2.24, 2.45) is 0 Å². The number of aromatic nitrogens is 2. The van der Waals surface area contributed by atoms with Crippen molar-refractivity contribution in [3.63, 3.8) is 0 Å². The molecule has 1 fully saturated rings. The smallest absolute Gasteiger partial charge is 0.197 e. The Balaban J connectivity index is 1.84. The normalized spacial score (nSPS) is 14.7. The van der Waals surface area contributed by atoms with Crippen LogP contribution in [0.15, 0.2) is 46.9 Å². The zero-order valence-corrected chi connectivity index (χ0v) is 20.5. The number of hydrogen-bond donors (Lipinski definition) is 0. The summed E-state index contributed by atoms with van der Waals surface area (Å²) in [6.45, 7) is 4.40. The number of halogens is 3. The van der Waals surface area contributed by atoms with E-state index in [2.05, 4.69) is 27.8 Å². The maximum absolute atomic E-state index is 13.3. The van der Waals surface area contributed by atoms with E-state index in [9.17, 15) is 4.79 Å². The van der Waals surface area contributed by atoms with Crippen LogP contribution >= 0.6 is 39.1 Å². The van der Waals surface area contributed by atoms with Crippen molar-refractivity contribution >= 4 is 44.9 Å². The quantitative estimate of drug-likeness (QED) is 0.334. The van der Waals surface area contributed by atoms with Gasteiger partial charge in [-0.05, 0) is 62.7 Å². The number of rotatable bonds is 6. The number of carbonyl (C=O) groups is 1. The average molecular weight is 521 g/mol. The molecule has 0 atom stereocenters. The summed E-state index contributed by atoms with van der Waals surface area (Å²) in [6, 6.07) is 13.4. The van der Waals surface area contributed by atoms with Crippen LogP contribution in [0.1, 0.15) is 42.2 Å². The Labute approximate surface area is 201 Å². The SMILES string of the molecule is CCc1c(C(=O)CN2CCCCC2)nn(-c2ccc(Cl)cc2Cl)c1-c1ccc(Br)cc1. The Morgan fingerprint density at radius 1 is 1.06 bits per heavy atom. The number of ketones is 1. The van der Waals surface area contributed by atoms with Crippen LogP contribution in [0.3, 0.4) is 0 Å². The van der Waals surface area contributed by atoms with Crippen LogP contribution in [0, 0.1) is 0 Å². The number of benzene rings is 2. The van der Waals surface area contributed by atoms with Gasteiger partial charge in [-0.15, -0.1) is 0 Å². The molecular formula is C24H24BrCl2N3O. The first-order valence-electron chi connectivity index (χ1n) is 10.6. The molecule has 0 radical (unpaired) electrons. The van der Waals surface area contributed by atoms with Crippen molar-refractivity contribution < 1.29 is 4.79 Å². The monoisotopic (exact) mass is 519 g/mol.